The van der Waals surface area contributed by atoms with Gasteiger partial charge >= 0.3 is 0 Å². The Morgan fingerprint density at radius 3 is 2.77 bits per heavy atom. The second-order valence-electron chi connectivity index (χ2n) is 3.62. The van der Waals surface area contributed by atoms with Gasteiger partial charge < -0.3 is 10.1 Å². The third kappa shape index (κ3) is 3.77. The van der Waals surface area contributed by atoms with Crippen LogP contribution in [0.3, 0.4) is 0 Å². The van der Waals surface area contributed by atoms with Gasteiger partial charge in [0.2, 0.25) is 5.91 Å². The summed E-state index contributed by atoms with van der Waals surface area (Å²) in [5.41, 5.74) is 0. The number of carbonyl (C=O) groups excluding carboxylic acids is 1. The molecular formula is C10H19NO2. The minimum atomic E-state index is 0.244. The SMILES string of the molecule is COCCCNC(=O)C1CCCC1. The van der Waals surface area contributed by atoms with E-state index in [-0.39, 0.29) is 5.91 Å². The molecule has 1 aliphatic carbocycles. The van der Waals surface area contributed by atoms with E-state index in [9.17, 15) is 4.79 Å². The summed E-state index contributed by atoms with van der Waals surface area (Å²) in [4.78, 5) is 11.5. The average Bonchev–Trinajstić information content (AvgIpc) is 2.65. The number of nitrogens with one attached hydrogen (secondary N) is 1. The van der Waals surface area contributed by atoms with Crippen LogP contribution >= 0.6 is 0 Å². The fourth-order valence-electron chi connectivity index (χ4n) is 1.76. The molecule has 1 N–H and O–H groups in total. The topological polar surface area (TPSA) is 38.3 Å². The summed E-state index contributed by atoms with van der Waals surface area (Å²) in [7, 11) is 1.68. The molecule has 1 amide bonds. The molecule has 0 spiro atoms. The van der Waals surface area contributed by atoms with Crippen molar-refractivity contribution >= 4 is 5.91 Å². The molecule has 13 heavy (non-hydrogen) atoms. The van der Waals surface area contributed by atoms with Crippen LogP contribution in [0.2, 0.25) is 0 Å². The molecule has 0 aliphatic heterocycles. The maximum atomic E-state index is 11.5. The molecule has 0 unspecified atom stereocenters. The number of carbonyl (C=O) groups is 1. The highest BCUT2D eigenvalue weighted by atomic mass is 16.5. The van der Waals surface area contributed by atoms with E-state index in [2.05, 4.69) is 5.32 Å². The van der Waals surface area contributed by atoms with E-state index < -0.39 is 0 Å². The molecule has 1 saturated carbocycles. The molecule has 1 fully saturated rings. The lowest BCUT2D eigenvalue weighted by Crippen LogP contribution is -2.30. The van der Waals surface area contributed by atoms with Gasteiger partial charge in [-0.1, -0.05) is 12.8 Å². The maximum Gasteiger partial charge on any atom is 0.223 e. The zero-order valence-corrected chi connectivity index (χ0v) is 8.34. The molecule has 0 radical (unpaired) electrons. The van der Waals surface area contributed by atoms with Crippen molar-refractivity contribution in [3.63, 3.8) is 0 Å². The third-order valence-electron chi connectivity index (χ3n) is 2.55. The summed E-state index contributed by atoms with van der Waals surface area (Å²) >= 11 is 0. The standard InChI is InChI=1S/C10H19NO2/c1-13-8-4-7-11-10(12)9-5-2-3-6-9/h9H,2-8H2,1H3,(H,11,12). The molecule has 0 atom stereocenters. The van der Waals surface area contributed by atoms with E-state index >= 15 is 0 Å². The monoisotopic (exact) mass is 185 g/mol. The molecule has 1 rings (SSSR count). The zero-order chi connectivity index (χ0) is 9.52. The van der Waals surface area contributed by atoms with Gasteiger partial charge in [0, 0.05) is 26.2 Å². The van der Waals surface area contributed by atoms with Gasteiger partial charge in [-0.2, -0.15) is 0 Å². The van der Waals surface area contributed by atoms with Gasteiger partial charge in [-0.25, -0.2) is 0 Å². The first-order chi connectivity index (χ1) is 6.34. The smallest absolute Gasteiger partial charge is 0.223 e. The van der Waals surface area contributed by atoms with E-state index in [0.29, 0.717) is 5.92 Å². The summed E-state index contributed by atoms with van der Waals surface area (Å²) < 4.78 is 4.90. The van der Waals surface area contributed by atoms with E-state index in [4.69, 9.17) is 4.74 Å². The second-order valence-corrected chi connectivity index (χ2v) is 3.62. The van der Waals surface area contributed by atoms with Gasteiger partial charge in [-0.05, 0) is 19.3 Å². The molecule has 3 nitrogen and oxygen atoms in total. The zero-order valence-electron chi connectivity index (χ0n) is 8.34. The van der Waals surface area contributed by atoms with Crippen LogP contribution in [0.25, 0.3) is 0 Å². The molecule has 0 aromatic heterocycles. The summed E-state index contributed by atoms with van der Waals surface area (Å²) in [5.74, 6) is 0.538. The van der Waals surface area contributed by atoms with Crippen molar-refractivity contribution in [3.05, 3.63) is 0 Å². The fourth-order valence-corrected chi connectivity index (χ4v) is 1.76. The molecule has 0 saturated heterocycles. The van der Waals surface area contributed by atoms with Gasteiger partial charge in [0.05, 0.1) is 0 Å². The normalized spacial score (nSPS) is 17.6. The number of methoxy groups -OCH3 is 1. The highest BCUT2D eigenvalue weighted by Crippen LogP contribution is 2.24. The molecule has 0 aromatic carbocycles. The van der Waals surface area contributed by atoms with Gasteiger partial charge in [-0.3, -0.25) is 4.79 Å². The van der Waals surface area contributed by atoms with Crippen LogP contribution < -0.4 is 5.32 Å². The Morgan fingerprint density at radius 2 is 2.15 bits per heavy atom. The lowest BCUT2D eigenvalue weighted by molar-refractivity contribution is -0.124. The number of hydrogen-bond acceptors (Lipinski definition) is 2. The van der Waals surface area contributed by atoms with Crippen LogP contribution in [-0.4, -0.2) is 26.2 Å². The number of hydrogen-bond donors (Lipinski definition) is 1. The lowest BCUT2D eigenvalue weighted by atomic mass is 10.1. The van der Waals surface area contributed by atoms with Crippen LogP contribution in [0.15, 0.2) is 0 Å². The molecule has 0 bridgehead atoms. The average molecular weight is 185 g/mol. The molecule has 1 aliphatic rings. The number of ether oxygens (including phenoxy) is 1. The summed E-state index contributed by atoms with van der Waals surface area (Å²) in [6, 6.07) is 0. The predicted octanol–water partition coefficient (Wildman–Crippen LogP) is 1.33. The summed E-state index contributed by atoms with van der Waals surface area (Å²) in [6.07, 6.45) is 5.51. The molecule has 0 aromatic rings. The van der Waals surface area contributed by atoms with Crippen molar-refractivity contribution in [2.45, 2.75) is 32.1 Å². The van der Waals surface area contributed by atoms with Crippen molar-refractivity contribution in [1.82, 2.24) is 5.32 Å². The Kier molecular flexibility index (Phi) is 4.83. The number of rotatable bonds is 5. The third-order valence-corrected chi connectivity index (χ3v) is 2.55. The van der Waals surface area contributed by atoms with Gasteiger partial charge in [-0.15, -0.1) is 0 Å². The van der Waals surface area contributed by atoms with Crippen LogP contribution in [0, 0.1) is 5.92 Å². The first-order valence-electron chi connectivity index (χ1n) is 5.11. The van der Waals surface area contributed by atoms with Gasteiger partial charge in [0.1, 0.15) is 0 Å². The molecule has 0 heterocycles. The minimum Gasteiger partial charge on any atom is -0.385 e. The van der Waals surface area contributed by atoms with Crippen molar-refractivity contribution in [1.29, 1.82) is 0 Å². The quantitative estimate of drug-likeness (QED) is 0.656. The molecule has 3 heteroatoms. The van der Waals surface area contributed by atoms with Crippen molar-refractivity contribution in [3.8, 4) is 0 Å². The molecular weight excluding hydrogens is 166 g/mol. The second kappa shape index (κ2) is 5.97. The Morgan fingerprint density at radius 1 is 1.46 bits per heavy atom. The van der Waals surface area contributed by atoms with E-state index in [1.807, 2.05) is 0 Å². The lowest BCUT2D eigenvalue weighted by Gasteiger charge is -2.09. The highest BCUT2D eigenvalue weighted by Gasteiger charge is 2.21. The highest BCUT2D eigenvalue weighted by molar-refractivity contribution is 5.78. The minimum absolute atomic E-state index is 0.244. The summed E-state index contributed by atoms with van der Waals surface area (Å²) in [6.45, 7) is 1.48. The first kappa shape index (κ1) is 10.5. The van der Waals surface area contributed by atoms with E-state index in [0.717, 1.165) is 32.4 Å². The fraction of sp³-hybridized carbons (Fsp3) is 0.900. The number of amides is 1. The van der Waals surface area contributed by atoms with Crippen LogP contribution in [-0.2, 0) is 9.53 Å². The van der Waals surface area contributed by atoms with Gasteiger partial charge in [0.25, 0.3) is 0 Å². The van der Waals surface area contributed by atoms with Crippen LogP contribution in [0.1, 0.15) is 32.1 Å². The van der Waals surface area contributed by atoms with Crippen molar-refractivity contribution < 1.29 is 9.53 Å². The predicted molar refractivity (Wildman–Crippen MR) is 51.5 cm³/mol. The van der Waals surface area contributed by atoms with Crippen LogP contribution in [0.4, 0.5) is 0 Å². The Hall–Kier alpha value is -0.570. The van der Waals surface area contributed by atoms with Crippen LogP contribution in [0.5, 0.6) is 0 Å². The molecule has 76 valence electrons. The van der Waals surface area contributed by atoms with E-state index in [1.165, 1.54) is 12.8 Å². The van der Waals surface area contributed by atoms with Crippen molar-refractivity contribution in [2.75, 3.05) is 20.3 Å². The Bertz CT molecular complexity index is 153. The Labute approximate surface area is 79.8 Å². The summed E-state index contributed by atoms with van der Waals surface area (Å²) in [5, 5.41) is 2.94. The first-order valence-corrected chi connectivity index (χ1v) is 5.11. The van der Waals surface area contributed by atoms with Crippen molar-refractivity contribution in [2.24, 2.45) is 5.92 Å². The largest absolute Gasteiger partial charge is 0.385 e. The maximum absolute atomic E-state index is 11.5. The van der Waals surface area contributed by atoms with E-state index in [1.54, 1.807) is 7.11 Å². The Balaban J connectivity index is 2.03. The van der Waals surface area contributed by atoms with Gasteiger partial charge in [0.15, 0.2) is 0 Å².